The number of aromatic amines is 1. The second-order valence-corrected chi connectivity index (χ2v) is 2.50. The van der Waals surface area contributed by atoms with Crippen LogP contribution < -0.4 is 0 Å². The number of esters is 1. The zero-order valence-electron chi connectivity index (χ0n) is 7.13. The van der Waals surface area contributed by atoms with E-state index in [9.17, 15) is 18.0 Å². The minimum absolute atomic E-state index is 0.329. The van der Waals surface area contributed by atoms with E-state index in [2.05, 4.69) is 14.7 Å². The normalized spacial score (nSPS) is 13.7. The van der Waals surface area contributed by atoms with Gasteiger partial charge in [0.25, 0.3) is 0 Å². The summed E-state index contributed by atoms with van der Waals surface area (Å²) in [5.41, 5.74) is -0.329. The molecular weight excluding hydrogens is 201 g/mol. The molecule has 1 heterocycles. The third-order valence-corrected chi connectivity index (χ3v) is 1.59. The highest BCUT2D eigenvalue weighted by Crippen LogP contribution is 2.34. The maximum atomic E-state index is 12.4. The number of rotatable bonds is 2. The lowest BCUT2D eigenvalue weighted by atomic mass is 10.1. The lowest BCUT2D eigenvalue weighted by Gasteiger charge is -2.15. The molecule has 7 heteroatoms. The second kappa shape index (κ2) is 3.69. The van der Waals surface area contributed by atoms with Gasteiger partial charge in [0.1, 0.15) is 0 Å². The van der Waals surface area contributed by atoms with Crippen LogP contribution in [0.3, 0.4) is 0 Å². The first-order valence-corrected chi connectivity index (χ1v) is 3.59. The van der Waals surface area contributed by atoms with Gasteiger partial charge in [-0.25, -0.2) is 4.98 Å². The summed E-state index contributed by atoms with van der Waals surface area (Å²) in [6.07, 6.45) is -2.67. The molecule has 0 saturated heterocycles. The molecular formula is C7H7F3N2O2. The van der Waals surface area contributed by atoms with Gasteiger partial charge in [0.2, 0.25) is 0 Å². The maximum Gasteiger partial charge on any atom is 0.407 e. The number of carbonyl (C=O) groups is 1. The highest BCUT2D eigenvalue weighted by molar-refractivity contribution is 5.78. The fourth-order valence-electron chi connectivity index (χ4n) is 0.979. The van der Waals surface area contributed by atoms with E-state index in [1.165, 1.54) is 0 Å². The number of aromatic nitrogens is 2. The summed E-state index contributed by atoms with van der Waals surface area (Å²) in [4.78, 5) is 16.5. The molecule has 78 valence electrons. The number of methoxy groups -OCH3 is 1. The van der Waals surface area contributed by atoms with Crippen LogP contribution in [0.25, 0.3) is 0 Å². The molecule has 0 aliphatic heterocycles. The molecule has 4 nitrogen and oxygen atoms in total. The van der Waals surface area contributed by atoms with Crippen molar-refractivity contribution < 1.29 is 22.7 Å². The fraction of sp³-hybridized carbons (Fsp3) is 0.429. The van der Waals surface area contributed by atoms with Crippen molar-refractivity contribution in [2.45, 2.75) is 12.1 Å². The predicted molar refractivity (Wildman–Crippen MR) is 39.4 cm³/mol. The molecule has 1 unspecified atom stereocenters. The summed E-state index contributed by atoms with van der Waals surface area (Å²) in [5.74, 6) is -3.66. The molecule has 1 rings (SSSR count). The minimum atomic E-state index is -4.68. The van der Waals surface area contributed by atoms with Gasteiger partial charge in [-0.2, -0.15) is 13.2 Å². The van der Waals surface area contributed by atoms with E-state index in [4.69, 9.17) is 0 Å². The average molecular weight is 208 g/mol. The number of halogens is 3. The Hall–Kier alpha value is -1.53. The zero-order valence-corrected chi connectivity index (χ0v) is 7.13. The van der Waals surface area contributed by atoms with E-state index >= 15 is 0 Å². The van der Waals surface area contributed by atoms with Crippen LogP contribution in [0.15, 0.2) is 12.5 Å². The molecule has 1 N–H and O–H groups in total. The summed E-state index contributed by atoms with van der Waals surface area (Å²) in [5, 5.41) is 0. The number of hydrogen-bond donors (Lipinski definition) is 1. The zero-order chi connectivity index (χ0) is 10.8. The van der Waals surface area contributed by atoms with Gasteiger partial charge >= 0.3 is 12.1 Å². The van der Waals surface area contributed by atoms with Crippen molar-refractivity contribution in [3.05, 3.63) is 18.2 Å². The smallest absolute Gasteiger partial charge is 0.407 e. The Morgan fingerprint density at radius 1 is 1.64 bits per heavy atom. The van der Waals surface area contributed by atoms with E-state index in [1.807, 2.05) is 0 Å². The Balaban J connectivity index is 3.01. The maximum absolute atomic E-state index is 12.4. The van der Waals surface area contributed by atoms with Crippen LogP contribution in [-0.4, -0.2) is 29.2 Å². The highest BCUT2D eigenvalue weighted by atomic mass is 19.4. The molecule has 0 amide bonds. The number of alkyl halides is 3. The van der Waals surface area contributed by atoms with Gasteiger partial charge < -0.3 is 9.72 Å². The number of hydrogen-bond acceptors (Lipinski definition) is 3. The standard InChI is InChI=1S/C7H7F3N2O2/c1-14-6(13)5(7(8,9)10)4-2-11-3-12-4/h2-3,5H,1H3,(H,11,12). The van der Waals surface area contributed by atoms with Gasteiger partial charge in [0, 0.05) is 6.20 Å². The molecule has 0 bridgehead atoms. The average Bonchev–Trinajstić information content (AvgIpc) is 2.54. The Kier molecular flexibility index (Phi) is 2.78. The molecule has 0 spiro atoms. The third kappa shape index (κ3) is 2.04. The molecule has 0 aliphatic carbocycles. The van der Waals surface area contributed by atoms with Crippen molar-refractivity contribution >= 4 is 5.97 Å². The molecule has 0 aromatic carbocycles. The summed E-state index contributed by atoms with van der Waals surface area (Å²) < 4.78 is 41.2. The number of ether oxygens (including phenoxy) is 1. The van der Waals surface area contributed by atoms with Crippen molar-refractivity contribution in [2.75, 3.05) is 7.11 Å². The molecule has 0 saturated carbocycles. The summed E-state index contributed by atoms with van der Waals surface area (Å²) in [6.45, 7) is 0. The first-order valence-electron chi connectivity index (χ1n) is 3.59. The molecule has 1 aromatic rings. The summed E-state index contributed by atoms with van der Waals surface area (Å²) in [6, 6.07) is 0. The molecule has 0 aliphatic rings. The number of carbonyl (C=O) groups excluding carboxylic acids is 1. The van der Waals surface area contributed by atoms with Crippen LogP contribution in [0.2, 0.25) is 0 Å². The lowest BCUT2D eigenvalue weighted by molar-refractivity contribution is -0.179. The molecule has 0 fully saturated rings. The first-order chi connectivity index (χ1) is 6.46. The topological polar surface area (TPSA) is 55.0 Å². The van der Waals surface area contributed by atoms with Gasteiger partial charge in [-0.15, -0.1) is 0 Å². The van der Waals surface area contributed by atoms with E-state index in [0.717, 1.165) is 19.6 Å². The summed E-state index contributed by atoms with van der Waals surface area (Å²) >= 11 is 0. The van der Waals surface area contributed by atoms with Crippen LogP contribution in [-0.2, 0) is 9.53 Å². The van der Waals surface area contributed by atoms with Crippen LogP contribution in [0.5, 0.6) is 0 Å². The van der Waals surface area contributed by atoms with Crippen LogP contribution in [0, 0.1) is 0 Å². The van der Waals surface area contributed by atoms with Crippen molar-refractivity contribution in [1.29, 1.82) is 0 Å². The number of imidazole rings is 1. The SMILES string of the molecule is COC(=O)C(c1cnc[nH]1)C(F)(F)F. The Bertz CT molecular complexity index is 307. The number of H-pyrrole nitrogens is 1. The van der Waals surface area contributed by atoms with Crippen molar-refractivity contribution in [3.63, 3.8) is 0 Å². The first kappa shape index (κ1) is 10.6. The van der Waals surface area contributed by atoms with Gasteiger partial charge in [-0.05, 0) is 0 Å². The Labute approximate surface area is 77.1 Å². The third-order valence-electron chi connectivity index (χ3n) is 1.59. The van der Waals surface area contributed by atoms with Gasteiger partial charge in [-0.3, -0.25) is 4.79 Å². The Morgan fingerprint density at radius 3 is 2.64 bits per heavy atom. The van der Waals surface area contributed by atoms with E-state index in [1.54, 1.807) is 0 Å². The van der Waals surface area contributed by atoms with Crippen molar-refractivity contribution in [1.82, 2.24) is 9.97 Å². The molecule has 1 aromatic heterocycles. The lowest BCUT2D eigenvalue weighted by Crippen LogP contribution is -2.29. The summed E-state index contributed by atoms with van der Waals surface area (Å²) in [7, 11) is 0.900. The van der Waals surface area contributed by atoms with E-state index < -0.39 is 18.1 Å². The van der Waals surface area contributed by atoms with Crippen LogP contribution in [0.1, 0.15) is 11.6 Å². The predicted octanol–water partition coefficient (Wildman–Crippen LogP) is 1.23. The number of nitrogens with zero attached hydrogens (tertiary/aromatic N) is 1. The quantitative estimate of drug-likeness (QED) is 0.743. The molecule has 14 heavy (non-hydrogen) atoms. The molecule has 1 atom stereocenters. The highest BCUT2D eigenvalue weighted by Gasteiger charge is 2.47. The van der Waals surface area contributed by atoms with Gasteiger partial charge in [0.05, 0.1) is 19.1 Å². The largest absolute Gasteiger partial charge is 0.468 e. The fourth-order valence-corrected chi connectivity index (χ4v) is 0.979. The minimum Gasteiger partial charge on any atom is -0.468 e. The Morgan fingerprint density at radius 2 is 2.29 bits per heavy atom. The van der Waals surface area contributed by atoms with Crippen LogP contribution >= 0.6 is 0 Å². The van der Waals surface area contributed by atoms with Crippen molar-refractivity contribution in [3.8, 4) is 0 Å². The molecule has 0 radical (unpaired) electrons. The monoisotopic (exact) mass is 208 g/mol. The second-order valence-electron chi connectivity index (χ2n) is 2.50. The van der Waals surface area contributed by atoms with E-state index in [-0.39, 0.29) is 5.69 Å². The van der Waals surface area contributed by atoms with Crippen molar-refractivity contribution in [2.24, 2.45) is 0 Å². The number of nitrogens with one attached hydrogen (secondary N) is 1. The van der Waals surface area contributed by atoms with Gasteiger partial charge in [0.15, 0.2) is 5.92 Å². The van der Waals surface area contributed by atoms with E-state index in [0.29, 0.717) is 0 Å². The van der Waals surface area contributed by atoms with Crippen LogP contribution in [0.4, 0.5) is 13.2 Å². The van der Waals surface area contributed by atoms with Gasteiger partial charge in [-0.1, -0.05) is 0 Å².